The molecule has 1 saturated heterocycles. The molecular formula is C25H27ClN4O2S. The van der Waals surface area contributed by atoms with Crippen molar-refractivity contribution in [1.82, 2.24) is 10.2 Å². The fraction of sp³-hybridized carbons (Fsp3) is 0.360. The van der Waals surface area contributed by atoms with E-state index in [0.717, 1.165) is 24.3 Å². The van der Waals surface area contributed by atoms with Gasteiger partial charge in [-0.3, -0.25) is 9.69 Å². The van der Waals surface area contributed by atoms with Crippen LogP contribution in [0, 0.1) is 11.3 Å². The number of hydrogen-bond acceptors (Lipinski definition) is 6. The first-order valence-electron chi connectivity index (χ1n) is 10.9. The second-order valence-corrected chi connectivity index (χ2v) is 10.1. The first-order valence-corrected chi connectivity index (χ1v) is 12.1. The molecule has 2 aromatic rings. The first kappa shape index (κ1) is 23.7. The highest BCUT2D eigenvalue weighted by Gasteiger charge is 2.52. The molecule has 172 valence electrons. The number of hydrogen-bond donors (Lipinski definition) is 1. The van der Waals surface area contributed by atoms with E-state index in [-0.39, 0.29) is 11.3 Å². The molecule has 0 bridgehead atoms. The van der Waals surface area contributed by atoms with Gasteiger partial charge in [0.25, 0.3) is 0 Å². The van der Waals surface area contributed by atoms with E-state index in [0.29, 0.717) is 34.4 Å². The summed E-state index contributed by atoms with van der Waals surface area (Å²) in [4.78, 5) is 18.0. The Bertz CT molecular complexity index is 1090. The minimum absolute atomic E-state index is 0.0877. The third-order valence-electron chi connectivity index (χ3n) is 6.22. The fourth-order valence-electron chi connectivity index (χ4n) is 4.38. The number of benzene rings is 2. The van der Waals surface area contributed by atoms with Gasteiger partial charge in [0.05, 0.1) is 35.3 Å². The van der Waals surface area contributed by atoms with Crippen LogP contribution in [0.4, 0.5) is 5.69 Å². The smallest absolute Gasteiger partial charge is 0.245 e. The molecule has 0 aliphatic carbocycles. The normalized spacial score (nSPS) is 22.1. The van der Waals surface area contributed by atoms with E-state index in [4.69, 9.17) is 16.3 Å². The zero-order chi connectivity index (χ0) is 23.6. The van der Waals surface area contributed by atoms with Crippen molar-refractivity contribution in [2.24, 2.45) is 0 Å². The topological polar surface area (TPSA) is 68.6 Å². The molecule has 2 aliphatic rings. The van der Waals surface area contributed by atoms with Crippen molar-refractivity contribution in [2.75, 3.05) is 45.3 Å². The number of nitriles is 1. The van der Waals surface area contributed by atoms with Crippen molar-refractivity contribution in [3.63, 3.8) is 0 Å². The zero-order valence-corrected chi connectivity index (χ0v) is 20.5. The molecule has 0 aromatic heterocycles. The van der Waals surface area contributed by atoms with Crippen LogP contribution in [0.15, 0.2) is 59.1 Å². The molecule has 8 heteroatoms. The van der Waals surface area contributed by atoms with Gasteiger partial charge in [-0.15, -0.1) is 0 Å². The Kier molecular flexibility index (Phi) is 7.01. The van der Waals surface area contributed by atoms with E-state index in [9.17, 15) is 10.1 Å². The molecule has 6 nitrogen and oxygen atoms in total. The lowest BCUT2D eigenvalue weighted by Crippen LogP contribution is -2.41. The average Bonchev–Trinajstić information content (AvgIpc) is 3.11. The minimum atomic E-state index is -1.24. The Balaban J connectivity index is 1.82. The molecule has 0 radical (unpaired) electrons. The predicted octanol–water partition coefficient (Wildman–Crippen LogP) is 3.97. The highest BCUT2D eigenvalue weighted by Crippen LogP contribution is 2.47. The number of rotatable bonds is 6. The van der Waals surface area contributed by atoms with Crippen LogP contribution in [0.5, 0.6) is 0 Å². The number of thioether (sulfide) groups is 1. The Hall–Kier alpha value is -2.50. The summed E-state index contributed by atoms with van der Waals surface area (Å²) in [5, 5.41) is 14.7. The van der Waals surface area contributed by atoms with Gasteiger partial charge in [0, 0.05) is 37.9 Å². The molecule has 2 aromatic carbocycles. The summed E-state index contributed by atoms with van der Waals surface area (Å²) in [7, 11) is 3.93. The molecule has 2 unspecified atom stereocenters. The molecule has 4 rings (SSSR count). The Morgan fingerprint density at radius 3 is 2.24 bits per heavy atom. The van der Waals surface area contributed by atoms with Crippen molar-refractivity contribution < 1.29 is 9.53 Å². The molecule has 2 heterocycles. The number of nitrogens with one attached hydrogen (secondary N) is 1. The molecular weight excluding hydrogens is 456 g/mol. The van der Waals surface area contributed by atoms with Crippen molar-refractivity contribution in [3.05, 3.63) is 75.3 Å². The monoisotopic (exact) mass is 482 g/mol. The number of carbonyl (C=O) groups excluding carboxylic acids is 1. The van der Waals surface area contributed by atoms with Gasteiger partial charge in [0.15, 0.2) is 0 Å². The van der Waals surface area contributed by atoms with Gasteiger partial charge in [0.2, 0.25) is 5.91 Å². The lowest BCUT2D eigenvalue weighted by atomic mass is 9.70. The van der Waals surface area contributed by atoms with Crippen LogP contribution in [0.3, 0.4) is 0 Å². The molecule has 1 amide bonds. The summed E-state index contributed by atoms with van der Waals surface area (Å²) in [5.74, 6) is -0.226. The van der Waals surface area contributed by atoms with Gasteiger partial charge in [-0.05, 0) is 42.3 Å². The summed E-state index contributed by atoms with van der Waals surface area (Å²) < 4.78 is 5.46. The number of halogens is 1. The predicted molar refractivity (Wildman–Crippen MR) is 133 cm³/mol. The highest BCUT2D eigenvalue weighted by atomic mass is 35.5. The number of morpholine rings is 1. The molecule has 2 aliphatic heterocycles. The standard InChI is InChI=1S/C25H27ClN4O2S/c1-17(30-12-14-32-15-13-30)33-23-22(16-27)25(24(31)28-23,18-4-8-20(26)9-5-18)19-6-10-21(11-7-19)29(2)3/h4-11,17H,12-15H2,1-3H3,(H,28,31). The van der Waals surface area contributed by atoms with Crippen molar-refractivity contribution in [1.29, 1.82) is 5.26 Å². The summed E-state index contributed by atoms with van der Waals surface area (Å²) >= 11 is 7.67. The fourth-order valence-corrected chi connectivity index (χ4v) is 5.67. The SMILES string of the molecule is CC(SC1=C(C#N)C(c2ccc(Cl)cc2)(c2ccc(N(C)C)cc2)C(=O)N1)N1CCOCC1. The van der Waals surface area contributed by atoms with Crippen LogP contribution in [-0.4, -0.2) is 56.6 Å². The van der Waals surface area contributed by atoms with Crippen molar-refractivity contribution >= 4 is 35.0 Å². The number of amides is 1. The van der Waals surface area contributed by atoms with Gasteiger partial charge >= 0.3 is 0 Å². The van der Waals surface area contributed by atoms with Crippen LogP contribution in [0.1, 0.15) is 18.1 Å². The molecule has 1 N–H and O–H groups in total. The van der Waals surface area contributed by atoms with E-state index in [2.05, 4.69) is 23.2 Å². The van der Waals surface area contributed by atoms with Gasteiger partial charge < -0.3 is 15.0 Å². The van der Waals surface area contributed by atoms with E-state index in [1.165, 1.54) is 11.8 Å². The maximum Gasteiger partial charge on any atom is 0.245 e. The highest BCUT2D eigenvalue weighted by molar-refractivity contribution is 8.03. The Morgan fingerprint density at radius 2 is 1.70 bits per heavy atom. The van der Waals surface area contributed by atoms with E-state index in [1.54, 1.807) is 12.1 Å². The third kappa shape index (κ3) is 4.36. The van der Waals surface area contributed by atoms with E-state index in [1.807, 2.05) is 55.4 Å². The van der Waals surface area contributed by atoms with Gasteiger partial charge in [-0.25, -0.2) is 0 Å². The van der Waals surface area contributed by atoms with Gasteiger partial charge in [-0.1, -0.05) is 47.6 Å². The molecule has 1 fully saturated rings. The lowest BCUT2D eigenvalue weighted by Gasteiger charge is -2.32. The Morgan fingerprint density at radius 1 is 1.12 bits per heavy atom. The molecule has 0 spiro atoms. The Labute approximate surface area is 204 Å². The van der Waals surface area contributed by atoms with Crippen LogP contribution < -0.4 is 10.2 Å². The maximum absolute atomic E-state index is 13.7. The number of carbonyl (C=O) groups is 1. The van der Waals surface area contributed by atoms with Crippen molar-refractivity contribution in [3.8, 4) is 6.07 Å². The molecule has 2 atom stereocenters. The van der Waals surface area contributed by atoms with E-state index < -0.39 is 5.41 Å². The molecule has 33 heavy (non-hydrogen) atoms. The summed E-state index contributed by atoms with van der Waals surface area (Å²) in [6, 6.07) is 17.4. The first-order chi connectivity index (χ1) is 15.9. The second-order valence-electron chi connectivity index (χ2n) is 8.33. The third-order valence-corrected chi connectivity index (χ3v) is 7.66. The van der Waals surface area contributed by atoms with E-state index >= 15 is 0 Å². The van der Waals surface area contributed by atoms with Crippen LogP contribution in [0.25, 0.3) is 0 Å². The number of ether oxygens (including phenoxy) is 1. The number of nitrogens with zero attached hydrogens (tertiary/aromatic N) is 3. The zero-order valence-electron chi connectivity index (χ0n) is 19.0. The maximum atomic E-state index is 13.7. The van der Waals surface area contributed by atoms with Crippen molar-refractivity contribution in [2.45, 2.75) is 17.7 Å². The van der Waals surface area contributed by atoms with Crippen LogP contribution in [-0.2, 0) is 14.9 Å². The lowest BCUT2D eigenvalue weighted by molar-refractivity contribution is -0.122. The number of anilines is 1. The van der Waals surface area contributed by atoms with Crippen LogP contribution in [0.2, 0.25) is 5.02 Å². The van der Waals surface area contributed by atoms with Gasteiger partial charge in [0.1, 0.15) is 5.41 Å². The second kappa shape index (κ2) is 9.78. The quantitative estimate of drug-likeness (QED) is 0.672. The largest absolute Gasteiger partial charge is 0.379 e. The minimum Gasteiger partial charge on any atom is -0.379 e. The summed E-state index contributed by atoms with van der Waals surface area (Å²) in [6.45, 7) is 5.12. The summed E-state index contributed by atoms with van der Waals surface area (Å²) in [6.07, 6.45) is 0. The summed E-state index contributed by atoms with van der Waals surface area (Å²) in [5.41, 5.74) is 1.66. The molecule has 0 saturated carbocycles. The van der Waals surface area contributed by atoms with Gasteiger partial charge in [-0.2, -0.15) is 5.26 Å². The average molecular weight is 483 g/mol. The van der Waals surface area contributed by atoms with Crippen LogP contribution >= 0.6 is 23.4 Å².